The summed E-state index contributed by atoms with van der Waals surface area (Å²) in [5.74, 6) is -6.35. The molecule has 1 fully saturated rings. The van der Waals surface area contributed by atoms with Crippen LogP contribution in [0.25, 0.3) is 10.9 Å². The lowest BCUT2D eigenvalue weighted by atomic mass is 10.0. The summed E-state index contributed by atoms with van der Waals surface area (Å²) in [4.78, 5) is 88.2. The Labute approximate surface area is 270 Å². The highest BCUT2D eigenvalue weighted by molar-refractivity contribution is 8.00. The first-order chi connectivity index (χ1) is 22.1. The third-order valence-corrected chi connectivity index (χ3v) is 9.04. The van der Waals surface area contributed by atoms with Gasteiger partial charge in [0.1, 0.15) is 28.5 Å². The van der Waals surface area contributed by atoms with Gasteiger partial charge in [-0.15, -0.1) is 23.1 Å². The van der Waals surface area contributed by atoms with Crippen molar-refractivity contribution in [3.63, 3.8) is 0 Å². The number of aliphatic carboxylic acids is 2. The number of H-pyrrole nitrogens is 1. The molecule has 2 aliphatic rings. The Kier molecular flexibility index (Phi) is 8.56. The molecule has 5 rings (SSSR count). The van der Waals surface area contributed by atoms with E-state index in [4.69, 9.17) is 10.6 Å². The van der Waals surface area contributed by atoms with Crippen LogP contribution in [-0.4, -0.2) is 100.0 Å². The molecule has 0 spiro atoms. The van der Waals surface area contributed by atoms with Gasteiger partial charge in [-0.1, -0.05) is 5.16 Å². The number of aromatic hydroxyl groups is 2. The number of nitrogens with two attached hydrogens (primary N) is 1. The number of thiazole rings is 1. The third kappa shape index (κ3) is 6.27. The third-order valence-electron chi connectivity index (χ3n) is 7.03. The SMILES string of the molecule is CC(C)(O/N=C(\C(=O)N[C@@H]1C(=O)N2C(C(=O)O)=C(CNC(=O)c3cc(=O)c4cc(O)c(O)cc4[nH]3)CSC12)c1csc(N)n1)C(=O)O. The van der Waals surface area contributed by atoms with Gasteiger partial charge in [-0.05, 0) is 25.5 Å². The van der Waals surface area contributed by atoms with Crippen molar-refractivity contribution in [3.8, 4) is 11.5 Å². The van der Waals surface area contributed by atoms with Gasteiger partial charge in [0.15, 0.2) is 27.8 Å². The Morgan fingerprint density at radius 2 is 1.87 bits per heavy atom. The average molecular weight is 688 g/mol. The topological polar surface area (TPSA) is 287 Å². The van der Waals surface area contributed by atoms with Crippen molar-refractivity contribution in [2.75, 3.05) is 18.0 Å². The second-order valence-electron chi connectivity index (χ2n) is 10.7. The van der Waals surface area contributed by atoms with Gasteiger partial charge in [0.2, 0.25) is 5.60 Å². The van der Waals surface area contributed by atoms with Crippen LogP contribution in [0.4, 0.5) is 5.13 Å². The average Bonchev–Trinajstić information content (AvgIpc) is 3.44. The molecule has 3 amide bonds. The summed E-state index contributed by atoms with van der Waals surface area (Å²) in [7, 11) is 0. The van der Waals surface area contributed by atoms with E-state index in [1.54, 1.807) is 0 Å². The molecule has 2 aliphatic heterocycles. The van der Waals surface area contributed by atoms with E-state index in [1.165, 1.54) is 19.2 Å². The van der Waals surface area contributed by atoms with Crippen molar-refractivity contribution >= 4 is 74.5 Å². The van der Waals surface area contributed by atoms with Gasteiger partial charge in [0.25, 0.3) is 17.7 Å². The van der Waals surface area contributed by atoms with Gasteiger partial charge in [-0.3, -0.25) is 24.1 Å². The minimum Gasteiger partial charge on any atom is -0.504 e. The Balaban J connectivity index is 1.32. The number of carbonyl (C=O) groups is 5. The number of amides is 3. The van der Waals surface area contributed by atoms with Crippen molar-refractivity contribution in [2.24, 2.45) is 5.16 Å². The number of phenols is 2. The first kappa shape index (κ1) is 32.8. The summed E-state index contributed by atoms with van der Waals surface area (Å²) in [6.45, 7) is 2.09. The molecule has 2 atom stereocenters. The number of nitrogen functional groups attached to an aromatic ring is 1. The van der Waals surface area contributed by atoms with E-state index in [0.29, 0.717) is 0 Å². The predicted octanol–water partition coefficient (Wildman–Crippen LogP) is -0.269. The molecule has 20 heteroatoms. The monoisotopic (exact) mass is 687 g/mol. The largest absolute Gasteiger partial charge is 0.504 e. The molecule has 0 aliphatic carbocycles. The number of carboxylic acid groups (broad SMARTS) is 2. The van der Waals surface area contributed by atoms with E-state index in [0.717, 1.165) is 46.2 Å². The first-order valence-electron chi connectivity index (χ1n) is 13.4. The van der Waals surface area contributed by atoms with Gasteiger partial charge in [-0.2, -0.15) is 0 Å². The molecule has 9 N–H and O–H groups in total. The number of thioether (sulfide) groups is 1. The number of aromatic nitrogens is 2. The van der Waals surface area contributed by atoms with Crippen LogP contribution >= 0.6 is 23.1 Å². The lowest BCUT2D eigenvalue weighted by molar-refractivity contribution is -0.161. The highest BCUT2D eigenvalue weighted by Gasteiger charge is 2.54. The van der Waals surface area contributed by atoms with Gasteiger partial charge in [0, 0.05) is 35.2 Å². The molecule has 0 radical (unpaired) electrons. The normalized spacial score (nSPS) is 18.0. The number of carboxylic acids is 2. The zero-order chi connectivity index (χ0) is 34.4. The standard InChI is InChI=1S/C27H25N7O11S2/c1-27(2,25(43)44)45-33-17(13-8-47-26(28)31-13)21(39)32-18-22(40)34-19(24(41)42)9(7-46-23(18)34)6-29-20(38)12-5-14(35)10-3-15(36)16(37)4-11(10)30-12/h3-5,8,18,23,36-37H,6-7H2,1-2H3,(H2,28,31)(H,29,38)(H,30,35)(H,32,39)(H,41,42)(H,43,44)/b33-17-/t18-,23?/m1/s1. The first-order valence-corrected chi connectivity index (χ1v) is 15.3. The number of nitrogens with zero attached hydrogens (tertiary/aromatic N) is 3. The van der Waals surface area contributed by atoms with Gasteiger partial charge >= 0.3 is 11.9 Å². The van der Waals surface area contributed by atoms with Crippen molar-refractivity contribution in [2.45, 2.75) is 30.9 Å². The summed E-state index contributed by atoms with van der Waals surface area (Å²) in [6.07, 6.45) is 0. The maximum absolute atomic E-state index is 13.2. The van der Waals surface area contributed by atoms with Crippen molar-refractivity contribution < 1.29 is 49.2 Å². The maximum Gasteiger partial charge on any atom is 0.352 e. The van der Waals surface area contributed by atoms with Gasteiger partial charge in [0.05, 0.1) is 5.52 Å². The number of pyridine rings is 1. The highest BCUT2D eigenvalue weighted by atomic mass is 32.2. The summed E-state index contributed by atoms with van der Waals surface area (Å²) in [5, 5.41) is 48.0. The molecule has 3 aromatic rings. The number of fused-ring (bicyclic) bond motifs is 2. The van der Waals surface area contributed by atoms with Crippen molar-refractivity contribution in [1.82, 2.24) is 25.5 Å². The number of rotatable bonds is 10. The van der Waals surface area contributed by atoms with Crippen LogP contribution < -0.4 is 21.8 Å². The molecule has 0 saturated carbocycles. The fraction of sp³-hybridized carbons (Fsp3) is 0.259. The number of oxime groups is 1. The number of anilines is 1. The second-order valence-corrected chi connectivity index (χ2v) is 12.6. The highest BCUT2D eigenvalue weighted by Crippen LogP contribution is 2.40. The van der Waals surface area contributed by atoms with E-state index in [9.17, 15) is 49.2 Å². The quantitative estimate of drug-likeness (QED) is 0.0590. The number of benzene rings is 1. The van der Waals surface area contributed by atoms with E-state index in [1.807, 2.05) is 0 Å². The molecule has 246 valence electrons. The summed E-state index contributed by atoms with van der Waals surface area (Å²) in [5.41, 5.74) is 2.36. The smallest absolute Gasteiger partial charge is 0.352 e. The molecule has 1 saturated heterocycles. The van der Waals surface area contributed by atoms with Crippen LogP contribution in [0.5, 0.6) is 11.5 Å². The number of nitrogens with one attached hydrogen (secondary N) is 3. The van der Waals surface area contributed by atoms with Crippen LogP contribution in [0.2, 0.25) is 0 Å². The molecule has 47 heavy (non-hydrogen) atoms. The van der Waals surface area contributed by atoms with Gasteiger partial charge < -0.3 is 46.6 Å². The Morgan fingerprint density at radius 1 is 1.17 bits per heavy atom. The van der Waals surface area contributed by atoms with Crippen LogP contribution in [0, 0.1) is 0 Å². The molecule has 1 unspecified atom stereocenters. The number of aromatic amines is 1. The Morgan fingerprint density at radius 3 is 2.51 bits per heavy atom. The van der Waals surface area contributed by atoms with Crippen LogP contribution in [0.1, 0.15) is 30.0 Å². The Bertz CT molecular complexity index is 1980. The number of β-lactam (4-membered cyclic amide) rings is 1. The zero-order valence-electron chi connectivity index (χ0n) is 24.3. The summed E-state index contributed by atoms with van der Waals surface area (Å²) in [6, 6.07) is 1.89. The number of hydrogen-bond acceptors (Lipinski definition) is 14. The van der Waals surface area contributed by atoms with E-state index >= 15 is 0 Å². The van der Waals surface area contributed by atoms with Crippen molar-refractivity contribution in [1.29, 1.82) is 0 Å². The lowest BCUT2D eigenvalue weighted by Gasteiger charge is -2.49. The molecule has 1 aromatic carbocycles. The summed E-state index contributed by atoms with van der Waals surface area (Å²) < 4.78 is 0. The molecular formula is C27H25N7O11S2. The van der Waals surface area contributed by atoms with E-state index in [-0.39, 0.29) is 45.3 Å². The van der Waals surface area contributed by atoms with E-state index < -0.39 is 75.0 Å². The maximum atomic E-state index is 13.2. The van der Waals surface area contributed by atoms with Crippen LogP contribution in [0.3, 0.4) is 0 Å². The molecular weight excluding hydrogens is 662 g/mol. The molecule has 4 heterocycles. The molecule has 0 bridgehead atoms. The van der Waals surface area contributed by atoms with E-state index in [2.05, 4.69) is 25.8 Å². The Hall–Kier alpha value is -5.63. The zero-order valence-corrected chi connectivity index (χ0v) is 25.9. The van der Waals surface area contributed by atoms with Crippen LogP contribution in [0.15, 0.2) is 44.8 Å². The minimum atomic E-state index is -1.82. The predicted molar refractivity (Wildman–Crippen MR) is 166 cm³/mol. The number of hydrogen-bond donors (Lipinski definition) is 8. The number of carbonyl (C=O) groups excluding carboxylic acids is 3. The summed E-state index contributed by atoms with van der Waals surface area (Å²) >= 11 is 2.09. The second kappa shape index (κ2) is 12.3. The minimum absolute atomic E-state index is 0.0196. The molecule has 18 nitrogen and oxygen atoms in total. The van der Waals surface area contributed by atoms with Crippen molar-refractivity contribution in [3.05, 3.63) is 56.5 Å². The number of phenolic OH excluding ortho intramolecular Hbond substituents is 2. The fourth-order valence-electron chi connectivity index (χ4n) is 4.51. The lowest BCUT2D eigenvalue weighted by Crippen LogP contribution is -2.71. The fourth-order valence-corrected chi connectivity index (χ4v) is 6.40. The van der Waals surface area contributed by atoms with Gasteiger partial charge in [-0.25, -0.2) is 14.6 Å². The van der Waals surface area contributed by atoms with Crippen LogP contribution in [-0.2, 0) is 24.0 Å². The molecule has 2 aromatic heterocycles.